The highest BCUT2D eigenvalue weighted by molar-refractivity contribution is 7.11. The molecule has 0 aromatic carbocycles. The van der Waals surface area contributed by atoms with Gasteiger partial charge in [0.25, 0.3) is 0 Å². The smallest absolute Gasteiger partial charge is 0.305 e. The van der Waals surface area contributed by atoms with Crippen molar-refractivity contribution in [3.63, 3.8) is 0 Å². The first kappa shape index (κ1) is 19.4. The number of aryl methyl sites for hydroxylation is 1. The van der Waals surface area contributed by atoms with Gasteiger partial charge >= 0.3 is 5.97 Å². The number of unbranched alkanes of at least 4 members (excludes halogenated alkanes) is 3. The fourth-order valence-electron chi connectivity index (χ4n) is 2.02. The monoisotopic (exact) mass is 340 g/mol. The Bertz CT molecular complexity index is 488. The molecule has 2 N–H and O–H groups in total. The molecule has 1 rings (SSSR count). The van der Waals surface area contributed by atoms with Gasteiger partial charge in [-0.15, -0.1) is 11.3 Å². The van der Waals surface area contributed by atoms with Crippen molar-refractivity contribution < 1.29 is 9.53 Å². The zero-order chi connectivity index (χ0) is 16.9. The molecule has 0 atom stereocenters. The molecular formula is C16H28N4O2S. The molecule has 0 radical (unpaired) electrons. The van der Waals surface area contributed by atoms with Gasteiger partial charge in [0.1, 0.15) is 5.01 Å². The molecule has 0 aliphatic rings. The molecule has 1 heterocycles. The second kappa shape index (κ2) is 11.9. The number of nitrogens with zero attached hydrogens (tertiary/aromatic N) is 2. The van der Waals surface area contributed by atoms with Gasteiger partial charge in [-0.2, -0.15) is 0 Å². The van der Waals surface area contributed by atoms with E-state index in [1.807, 2.05) is 6.20 Å². The summed E-state index contributed by atoms with van der Waals surface area (Å²) in [6.07, 6.45) is 6.48. The first-order valence-electron chi connectivity index (χ1n) is 8.16. The quantitative estimate of drug-likeness (QED) is 0.296. The Hall–Kier alpha value is -1.63. The summed E-state index contributed by atoms with van der Waals surface area (Å²) in [6, 6.07) is 0. The van der Waals surface area contributed by atoms with Crippen LogP contribution in [-0.4, -0.2) is 37.1 Å². The number of hydrogen-bond acceptors (Lipinski definition) is 5. The van der Waals surface area contributed by atoms with Gasteiger partial charge in [-0.3, -0.25) is 4.79 Å². The molecule has 0 bridgehead atoms. The van der Waals surface area contributed by atoms with E-state index in [0.717, 1.165) is 49.7 Å². The van der Waals surface area contributed by atoms with Gasteiger partial charge in [0.15, 0.2) is 5.96 Å². The van der Waals surface area contributed by atoms with Crippen LogP contribution in [0.1, 0.15) is 48.9 Å². The summed E-state index contributed by atoms with van der Waals surface area (Å²) in [4.78, 5) is 21.1. The van der Waals surface area contributed by atoms with Crippen molar-refractivity contribution in [2.75, 3.05) is 20.2 Å². The first-order chi connectivity index (χ1) is 11.2. The van der Waals surface area contributed by atoms with E-state index in [2.05, 4.69) is 39.2 Å². The molecule has 0 unspecified atom stereocenters. The molecular weight excluding hydrogens is 312 g/mol. The SMILES string of the molecule is CCNC(=NCc1ncc(C)s1)NCCCCCCC(=O)OC. The Morgan fingerprint density at radius 1 is 1.30 bits per heavy atom. The van der Waals surface area contributed by atoms with E-state index in [4.69, 9.17) is 0 Å². The van der Waals surface area contributed by atoms with E-state index >= 15 is 0 Å². The number of thiazole rings is 1. The van der Waals surface area contributed by atoms with Crippen molar-refractivity contribution in [2.24, 2.45) is 4.99 Å². The highest BCUT2D eigenvalue weighted by atomic mass is 32.1. The minimum Gasteiger partial charge on any atom is -0.469 e. The molecule has 0 aliphatic carbocycles. The van der Waals surface area contributed by atoms with E-state index in [1.165, 1.54) is 12.0 Å². The zero-order valence-electron chi connectivity index (χ0n) is 14.4. The fraction of sp³-hybridized carbons (Fsp3) is 0.688. The van der Waals surface area contributed by atoms with E-state index in [0.29, 0.717) is 13.0 Å². The molecule has 0 fully saturated rings. The average molecular weight is 340 g/mol. The van der Waals surface area contributed by atoms with Crippen LogP contribution in [0.4, 0.5) is 0 Å². The first-order valence-corrected chi connectivity index (χ1v) is 8.97. The summed E-state index contributed by atoms with van der Waals surface area (Å²) in [5.41, 5.74) is 0. The number of carbonyl (C=O) groups is 1. The van der Waals surface area contributed by atoms with Crippen LogP contribution in [-0.2, 0) is 16.1 Å². The Kier molecular flexibility index (Phi) is 10.0. The Morgan fingerprint density at radius 3 is 2.74 bits per heavy atom. The lowest BCUT2D eigenvalue weighted by Gasteiger charge is -2.10. The Labute approximate surface area is 142 Å². The van der Waals surface area contributed by atoms with Gasteiger partial charge in [-0.25, -0.2) is 9.98 Å². The van der Waals surface area contributed by atoms with E-state index < -0.39 is 0 Å². The molecule has 0 spiro atoms. The van der Waals surface area contributed by atoms with Gasteiger partial charge in [0.05, 0.1) is 13.7 Å². The third-order valence-electron chi connectivity index (χ3n) is 3.21. The van der Waals surface area contributed by atoms with E-state index in [1.54, 1.807) is 11.3 Å². The number of esters is 1. The molecule has 0 saturated carbocycles. The minimum absolute atomic E-state index is 0.123. The van der Waals surface area contributed by atoms with Crippen molar-refractivity contribution in [3.8, 4) is 0 Å². The summed E-state index contributed by atoms with van der Waals surface area (Å²) in [7, 11) is 1.43. The lowest BCUT2D eigenvalue weighted by Crippen LogP contribution is -2.37. The molecule has 0 aliphatic heterocycles. The summed E-state index contributed by atoms with van der Waals surface area (Å²) >= 11 is 1.68. The number of carbonyl (C=O) groups excluding carboxylic acids is 1. The third kappa shape index (κ3) is 9.18. The lowest BCUT2D eigenvalue weighted by molar-refractivity contribution is -0.140. The summed E-state index contributed by atoms with van der Waals surface area (Å²) in [6.45, 7) is 6.42. The Balaban J connectivity index is 2.18. The van der Waals surface area contributed by atoms with Crippen LogP contribution in [0.15, 0.2) is 11.2 Å². The van der Waals surface area contributed by atoms with Crippen LogP contribution in [0.3, 0.4) is 0 Å². The molecule has 130 valence electrons. The number of rotatable bonds is 10. The van der Waals surface area contributed by atoms with Gasteiger partial charge in [-0.1, -0.05) is 12.8 Å². The highest BCUT2D eigenvalue weighted by Gasteiger charge is 2.01. The van der Waals surface area contributed by atoms with E-state index in [-0.39, 0.29) is 5.97 Å². The maximum absolute atomic E-state index is 11.0. The van der Waals surface area contributed by atoms with Crippen LogP contribution in [0.2, 0.25) is 0 Å². The van der Waals surface area contributed by atoms with Crippen molar-refractivity contribution in [2.45, 2.75) is 52.5 Å². The second-order valence-corrected chi connectivity index (χ2v) is 6.55. The third-order valence-corrected chi connectivity index (χ3v) is 4.11. The molecule has 0 saturated heterocycles. The second-order valence-electron chi connectivity index (χ2n) is 5.23. The minimum atomic E-state index is -0.123. The van der Waals surface area contributed by atoms with Crippen molar-refractivity contribution in [1.82, 2.24) is 15.6 Å². The van der Waals surface area contributed by atoms with Crippen molar-refractivity contribution in [1.29, 1.82) is 0 Å². The van der Waals surface area contributed by atoms with Crippen LogP contribution in [0.5, 0.6) is 0 Å². The molecule has 23 heavy (non-hydrogen) atoms. The van der Waals surface area contributed by atoms with E-state index in [9.17, 15) is 4.79 Å². The maximum atomic E-state index is 11.0. The van der Waals surface area contributed by atoms with Crippen LogP contribution >= 0.6 is 11.3 Å². The molecule has 6 nitrogen and oxygen atoms in total. The van der Waals surface area contributed by atoms with Gasteiger partial charge in [0, 0.05) is 30.6 Å². The number of aliphatic imine (C=N–C) groups is 1. The molecule has 1 aromatic heterocycles. The van der Waals surface area contributed by atoms with Crippen molar-refractivity contribution >= 4 is 23.3 Å². The summed E-state index contributed by atoms with van der Waals surface area (Å²) in [5.74, 6) is 0.706. The Morgan fingerprint density at radius 2 is 2.09 bits per heavy atom. The lowest BCUT2D eigenvalue weighted by atomic mass is 10.1. The van der Waals surface area contributed by atoms with Gasteiger partial charge in [-0.05, 0) is 26.7 Å². The van der Waals surface area contributed by atoms with Crippen LogP contribution < -0.4 is 10.6 Å². The predicted octanol–water partition coefficient (Wildman–Crippen LogP) is 2.63. The largest absolute Gasteiger partial charge is 0.469 e. The van der Waals surface area contributed by atoms with Gasteiger partial charge < -0.3 is 15.4 Å². The topological polar surface area (TPSA) is 75.6 Å². The van der Waals surface area contributed by atoms with Gasteiger partial charge in [0.2, 0.25) is 0 Å². The number of aromatic nitrogens is 1. The zero-order valence-corrected chi connectivity index (χ0v) is 15.2. The summed E-state index contributed by atoms with van der Waals surface area (Å²) < 4.78 is 4.62. The standard InChI is InChI=1S/C16H28N4O2S/c1-4-17-16(20-12-14-19-11-13(2)23-14)18-10-8-6-5-7-9-15(21)22-3/h11H,4-10,12H2,1-3H3,(H2,17,18,20). The summed E-state index contributed by atoms with van der Waals surface area (Å²) in [5, 5.41) is 7.60. The van der Waals surface area contributed by atoms with Crippen LogP contribution in [0, 0.1) is 6.92 Å². The van der Waals surface area contributed by atoms with Crippen LogP contribution in [0.25, 0.3) is 0 Å². The number of guanidine groups is 1. The number of ether oxygens (including phenoxy) is 1. The molecule has 7 heteroatoms. The fourth-order valence-corrected chi connectivity index (χ4v) is 2.73. The molecule has 0 amide bonds. The predicted molar refractivity (Wildman–Crippen MR) is 94.8 cm³/mol. The number of methoxy groups -OCH3 is 1. The molecule has 1 aromatic rings. The van der Waals surface area contributed by atoms with Crippen molar-refractivity contribution in [3.05, 3.63) is 16.1 Å². The number of nitrogens with one attached hydrogen (secondary N) is 2. The average Bonchev–Trinajstić information content (AvgIpc) is 2.96. The normalized spacial score (nSPS) is 11.3. The highest BCUT2D eigenvalue weighted by Crippen LogP contribution is 2.11. The number of hydrogen-bond donors (Lipinski definition) is 2. The maximum Gasteiger partial charge on any atom is 0.305 e.